The molecule has 1 saturated heterocycles. The van der Waals surface area contributed by atoms with Crippen LogP contribution in [0.5, 0.6) is 0 Å². The molecular weight excluding hydrogens is 352 g/mol. The first-order chi connectivity index (χ1) is 8.27. The number of pyridine rings is 1. The van der Waals surface area contributed by atoms with Gasteiger partial charge in [-0.3, -0.25) is 9.67 Å². The Morgan fingerprint density at radius 1 is 1.47 bits per heavy atom. The van der Waals surface area contributed by atoms with Crippen LogP contribution in [-0.2, 0) is 4.74 Å². The third-order valence-corrected chi connectivity index (χ3v) is 4.05. The molecule has 0 aromatic carbocycles. The third-order valence-electron chi connectivity index (χ3n) is 3.01. The average Bonchev–Trinajstić information content (AvgIpc) is 2.69. The van der Waals surface area contributed by atoms with Crippen LogP contribution >= 0.6 is 34.2 Å². The van der Waals surface area contributed by atoms with Gasteiger partial charge in [0.05, 0.1) is 34.8 Å². The van der Waals surface area contributed by atoms with E-state index in [-0.39, 0.29) is 0 Å². The minimum Gasteiger partial charge on any atom is -0.379 e. The van der Waals surface area contributed by atoms with Gasteiger partial charge in [0.1, 0.15) is 3.70 Å². The van der Waals surface area contributed by atoms with Gasteiger partial charge < -0.3 is 4.74 Å². The van der Waals surface area contributed by atoms with Gasteiger partial charge in [-0.2, -0.15) is 5.10 Å². The summed E-state index contributed by atoms with van der Waals surface area (Å²) in [5, 5.41) is 6.23. The molecule has 1 aliphatic heterocycles. The van der Waals surface area contributed by atoms with Gasteiger partial charge in [0.2, 0.25) is 0 Å². The fourth-order valence-electron chi connectivity index (χ4n) is 2.20. The molecule has 2 aromatic heterocycles. The van der Waals surface area contributed by atoms with Gasteiger partial charge >= 0.3 is 0 Å². The zero-order valence-corrected chi connectivity index (χ0v) is 12.0. The Morgan fingerprint density at radius 2 is 2.35 bits per heavy atom. The van der Waals surface area contributed by atoms with Crippen molar-refractivity contribution in [2.45, 2.75) is 18.9 Å². The monoisotopic (exact) mass is 363 g/mol. The molecule has 4 nitrogen and oxygen atoms in total. The summed E-state index contributed by atoms with van der Waals surface area (Å²) in [6.07, 6.45) is 5.66. The lowest BCUT2D eigenvalue weighted by Gasteiger charge is -2.22. The van der Waals surface area contributed by atoms with Gasteiger partial charge in [0.25, 0.3) is 0 Å². The second-order valence-electron chi connectivity index (χ2n) is 4.12. The summed E-state index contributed by atoms with van der Waals surface area (Å²) >= 11 is 8.38. The molecule has 0 radical (unpaired) electrons. The van der Waals surface area contributed by atoms with Crippen LogP contribution in [0.15, 0.2) is 12.4 Å². The van der Waals surface area contributed by atoms with Gasteiger partial charge in [0.15, 0.2) is 0 Å². The van der Waals surface area contributed by atoms with Crippen LogP contribution in [0.25, 0.3) is 10.9 Å². The first-order valence-electron chi connectivity index (χ1n) is 5.52. The highest BCUT2D eigenvalue weighted by Crippen LogP contribution is 2.30. The third kappa shape index (κ3) is 2.04. The van der Waals surface area contributed by atoms with Gasteiger partial charge in [0, 0.05) is 12.8 Å². The fourth-order valence-corrected chi connectivity index (χ4v) is 3.40. The number of halogens is 2. The van der Waals surface area contributed by atoms with Crippen molar-refractivity contribution in [3.8, 4) is 0 Å². The molecule has 1 aliphatic rings. The summed E-state index contributed by atoms with van der Waals surface area (Å²) < 4.78 is 8.44. The lowest BCUT2D eigenvalue weighted by Crippen LogP contribution is -2.22. The summed E-state index contributed by atoms with van der Waals surface area (Å²) in [7, 11) is 0. The van der Waals surface area contributed by atoms with E-state index in [1.807, 2.05) is 10.9 Å². The van der Waals surface area contributed by atoms with E-state index in [4.69, 9.17) is 16.3 Å². The molecule has 6 heteroatoms. The first kappa shape index (κ1) is 11.7. The number of ether oxygens (including phenoxy) is 1. The van der Waals surface area contributed by atoms with Crippen molar-refractivity contribution in [2.24, 2.45) is 0 Å². The van der Waals surface area contributed by atoms with Gasteiger partial charge in [-0.25, -0.2) is 0 Å². The van der Waals surface area contributed by atoms with E-state index in [1.54, 1.807) is 6.20 Å². The molecule has 3 heterocycles. The average molecular weight is 364 g/mol. The molecule has 0 amide bonds. The molecule has 17 heavy (non-hydrogen) atoms. The topological polar surface area (TPSA) is 39.9 Å². The minimum atomic E-state index is 0.301. The maximum atomic E-state index is 6.16. The second kappa shape index (κ2) is 4.70. The molecule has 90 valence electrons. The number of nitrogens with zero attached hydrogens (tertiary/aromatic N) is 3. The summed E-state index contributed by atoms with van der Waals surface area (Å²) in [5.41, 5.74) is 0.998. The smallest absolute Gasteiger partial charge is 0.132 e. The van der Waals surface area contributed by atoms with Crippen LogP contribution in [0.1, 0.15) is 18.9 Å². The van der Waals surface area contributed by atoms with E-state index in [1.165, 1.54) is 0 Å². The highest BCUT2D eigenvalue weighted by atomic mass is 127. The Hall–Kier alpha value is -0.400. The zero-order chi connectivity index (χ0) is 11.8. The van der Waals surface area contributed by atoms with Gasteiger partial charge in [-0.05, 0) is 35.4 Å². The number of rotatable bonds is 1. The van der Waals surface area contributed by atoms with Crippen molar-refractivity contribution in [3.05, 3.63) is 21.1 Å². The Morgan fingerprint density at radius 3 is 3.12 bits per heavy atom. The quantitative estimate of drug-likeness (QED) is 0.731. The highest BCUT2D eigenvalue weighted by molar-refractivity contribution is 14.1. The standard InChI is InChI=1S/C11H11ClIN3O/c12-8-4-14-5-9-10(8)11(13)15-16(9)7-2-1-3-17-6-7/h4-5,7H,1-3,6H2. The molecule has 0 saturated carbocycles. The van der Waals surface area contributed by atoms with Crippen molar-refractivity contribution in [2.75, 3.05) is 13.2 Å². The Balaban J connectivity index is 2.13. The fraction of sp³-hybridized carbons (Fsp3) is 0.455. The number of aromatic nitrogens is 3. The van der Waals surface area contributed by atoms with E-state index in [0.29, 0.717) is 11.1 Å². The molecule has 1 fully saturated rings. The Kier molecular flexibility index (Phi) is 3.23. The van der Waals surface area contributed by atoms with Crippen molar-refractivity contribution in [3.63, 3.8) is 0 Å². The summed E-state index contributed by atoms with van der Waals surface area (Å²) in [4.78, 5) is 4.14. The number of hydrogen-bond acceptors (Lipinski definition) is 3. The van der Waals surface area contributed by atoms with E-state index >= 15 is 0 Å². The van der Waals surface area contributed by atoms with E-state index < -0.39 is 0 Å². The number of fused-ring (bicyclic) bond motifs is 1. The molecule has 3 rings (SSSR count). The Bertz CT molecular complexity index is 551. The maximum Gasteiger partial charge on any atom is 0.132 e. The minimum absolute atomic E-state index is 0.301. The zero-order valence-electron chi connectivity index (χ0n) is 9.07. The summed E-state index contributed by atoms with van der Waals surface area (Å²) in [5.74, 6) is 0. The first-order valence-corrected chi connectivity index (χ1v) is 6.98. The van der Waals surface area contributed by atoms with Crippen molar-refractivity contribution in [1.29, 1.82) is 0 Å². The van der Waals surface area contributed by atoms with Crippen LogP contribution in [0.2, 0.25) is 5.02 Å². The van der Waals surface area contributed by atoms with Crippen molar-refractivity contribution < 1.29 is 4.74 Å². The lowest BCUT2D eigenvalue weighted by molar-refractivity contribution is 0.0563. The molecule has 2 aromatic rings. The van der Waals surface area contributed by atoms with E-state index in [2.05, 4.69) is 32.7 Å². The molecule has 0 bridgehead atoms. The summed E-state index contributed by atoms with van der Waals surface area (Å²) in [6, 6.07) is 0.301. The second-order valence-corrected chi connectivity index (χ2v) is 5.55. The summed E-state index contributed by atoms with van der Waals surface area (Å²) in [6.45, 7) is 1.57. The predicted octanol–water partition coefficient (Wildman–Crippen LogP) is 3.04. The van der Waals surface area contributed by atoms with Crippen LogP contribution < -0.4 is 0 Å². The molecule has 0 aliphatic carbocycles. The molecule has 0 spiro atoms. The normalized spacial score (nSPS) is 20.9. The molecule has 1 atom stereocenters. The van der Waals surface area contributed by atoms with E-state index in [0.717, 1.165) is 40.7 Å². The molecular formula is C11H11ClIN3O. The van der Waals surface area contributed by atoms with Crippen LogP contribution in [0.3, 0.4) is 0 Å². The van der Waals surface area contributed by atoms with Gasteiger partial charge in [-0.1, -0.05) is 11.6 Å². The largest absolute Gasteiger partial charge is 0.379 e. The SMILES string of the molecule is Clc1cncc2c1c(I)nn2C1CCCOC1. The maximum absolute atomic E-state index is 6.16. The Labute approximate surface area is 117 Å². The predicted molar refractivity (Wildman–Crippen MR) is 74.3 cm³/mol. The van der Waals surface area contributed by atoms with Gasteiger partial charge in [-0.15, -0.1) is 0 Å². The molecule has 0 N–H and O–H groups in total. The number of hydrogen-bond donors (Lipinski definition) is 0. The highest BCUT2D eigenvalue weighted by Gasteiger charge is 2.21. The molecule has 1 unspecified atom stereocenters. The van der Waals surface area contributed by atoms with Crippen LogP contribution in [0, 0.1) is 3.70 Å². The van der Waals surface area contributed by atoms with Crippen LogP contribution in [0.4, 0.5) is 0 Å². The van der Waals surface area contributed by atoms with Crippen molar-refractivity contribution >= 4 is 45.1 Å². The van der Waals surface area contributed by atoms with Crippen LogP contribution in [-0.4, -0.2) is 28.0 Å². The van der Waals surface area contributed by atoms with E-state index in [9.17, 15) is 0 Å². The van der Waals surface area contributed by atoms with Crippen molar-refractivity contribution in [1.82, 2.24) is 14.8 Å². The lowest BCUT2D eigenvalue weighted by atomic mass is 10.1.